The van der Waals surface area contributed by atoms with Gasteiger partial charge in [-0.25, -0.2) is 0 Å². The van der Waals surface area contributed by atoms with Gasteiger partial charge in [0.25, 0.3) is 0 Å². The minimum atomic E-state index is -0.986. The van der Waals surface area contributed by atoms with E-state index in [2.05, 4.69) is 0 Å². The Morgan fingerprint density at radius 3 is 2.35 bits per heavy atom. The number of hydrogen-bond acceptors (Lipinski definition) is 5. The Balaban J connectivity index is 3.69. The van der Waals surface area contributed by atoms with E-state index in [9.17, 15) is 14.4 Å². The van der Waals surface area contributed by atoms with Gasteiger partial charge in [-0.1, -0.05) is 0 Å². The van der Waals surface area contributed by atoms with Gasteiger partial charge in [0.2, 0.25) is 0 Å². The van der Waals surface area contributed by atoms with Crippen molar-refractivity contribution in [1.29, 1.82) is 0 Å². The summed E-state index contributed by atoms with van der Waals surface area (Å²) in [6.45, 7) is 2.24. The van der Waals surface area contributed by atoms with Gasteiger partial charge in [-0.3, -0.25) is 14.4 Å². The minimum Gasteiger partial charge on any atom is -0.481 e. The van der Waals surface area contributed by atoms with Crippen LogP contribution in [0.5, 0.6) is 0 Å². The molecule has 0 bridgehead atoms. The van der Waals surface area contributed by atoms with Gasteiger partial charge in [-0.05, 0) is 32.6 Å². The Kier molecular flexibility index (Phi) is 10.6. The van der Waals surface area contributed by atoms with Crippen molar-refractivity contribution in [2.45, 2.75) is 45.4 Å². The van der Waals surface area contributed by atoms with Crippen LogP contribution >= 0.6 is 0 Å². The highest BCUT2D eigenvalue weighted by Crippen LogP contribution is 2.13. The lowest BCUT2D eigenvalue weighted by molar-refractivity contribution is -0.144. The van der Waals surface area contributed by atoms with Gasteiger partial charge in [0.05, 0.1) is 13.0 Å². The highest BCUT2D eigenvalue weighted by molar-refractivity contribution is 5.82. The van der Waals surface area contributed by atoms with Gasteiger partial charge in [0.1, 0.15) is 5.78 Å². The van der Waals surface area contributed by atoms with Gasteiger partial charge in [0.15, 0.2) is 0 Å². The third kappa shape index (κ3) is 10.5. The van der Waals surface area contributed by atoms with Gasteiger partial charge < -0.3 is 14.6 Å². The zero-order valence-corrected chi connectivity index (χ0v) is 12.2. The van der Waals surface area contributed by atoms with Crippen molar-refractivity contribution in [3.63, 3.8) is 0 Å². The number of unbranched alkanes of at least 4 members (excludes halogenated alkanes) is 1. The molecule has 0 aliphatic carbocycles. The molecule has 0 aliphatic rings. The summed E-state index contributed by atoms with van der Waals surface area (Å²) in [6.07, 6.45) is 2.66. The maximum Gasteiger partial charge on any atom is 0.305 e. The number of rotatable bonds is 12. The number of carboxylic acids is 1. The van der Waals surface area contributed by atoms with E-state index in [1.54, 1.807) is 7.11 Å². The highest BCUT2D eigenvalue weighted by Gasteiger charge is 2.17. The largest absolute Gasteiger partial charge is 0.481 e. The first kappa shape index (κ1) is 18.6. The smallest absolute Gasteiger partial charge is 0.305 e. The number of esters is 1. The molecule has 0 aromatic heterocycles. The van der Waals surface area contributed by atoms with E-state index >= 15 is 0 Å². The first-order valence-corrected chi connectivity index (χ1v) is 6.84. The molecule has 0 aromatic carbocycles. The Morgan fingerprint density at radius 1 is 1.10 bits per heavy atom. The summed E-state index contributed by atoms with van der Waals surface area (Å²) in [5.74, 6) is -1.88. The maximum atomic E-state index is 11.3. The molecule has 0 saturated heterocycles. The molecule has 0 radical (unpaired) electrons. The number of ketones is 1. The van der Waals surface area contributed by atoms with E-state index in [1.165, 1.54) is 6.92 Å². The molecule has 20 heavy (non-hydrogen) atoms. The fraction of sp³-hybridized carbons (Fsp3) is 0.786. The van der Waals surface area contributed by atoms with Crippen molar-refractivity contribution in [3.8, 4) is 0 Å². The van der Waals surface area contributed by atoms with Crippen LogP contribution in [0, 0.1) is 5.92 Å². The SMILES string of the molecule is COCCCCC(=O)OCCCC(CC(=O)O)C(C)=O. The zero-order valence-electron chi connectivity index (χ0n) is 12.2. The Labute approximate surface area is 119 Å². The van der Waals surface area contributed by atoms with Crippen molar-refractivity contribution >= 4 is 17.7 Å². The first-order chi connectivity index (χ1) is 9.47. The third-order valence-corrected chi connectivity index (χ3v) is 2.94. The molecule has 1 N–H and O–H groups in total. The normalized spacial score (nSPS) is 11.9. The van der Waals surface area contributed by atoms with Crippen molar-refractivity contribution in [2.24, 2.45) is 5.92 Å². The average molecular weight is 288 g/mol. The highest BCUT2D eigenvalue weighted by atomic mass is 16.5. The van der Waals surface area contributed by atoms with E-state index in [-0.39, 0.29) is 24.8 Å². The van der Waals surface area contributed by atoms with Crippen molar-refractivity contribution in [1.82, 2.24) is 0 Å². The molecule has 6 nitrogen and oxygen atoms in total. The van der Waals surface area contributed by atoms with E-state index in [4.69, 9.17) is 14.6 Å². The van der Waals surface area contributed by atoms with Crippen LogP contribution in [0.15, 0.2) is 0 Å². The zero-order chi connectivity index (χ0) is 15.4. The predicted octanol–water partition coefficient (Wildman–Crippen LogP) is 1.81. The lowest BCUT2D eigenvalue weighted by Crippen LogP contribution is -2.17. The topological polar surface area (TPSA) is 89.9 Å². The van der Waals surface area contributed by atoms with Crippen molar-refractivity contribution < 1.29 is 29.0 Å². The van der Waals surface area contributed by atoms with Crippen molar-refractivity contribution in [2.75, 3.05) is 20.3 Å². The number of methoxy groups -OCH3 is 1. The molecule has 0 amide bonds. The molecular weight excluding hydrogens is 264 g/mol. The predicted molar refractivity (Wildman–Crippen MR) is 72.3 cm³/mol. The van der Waals surface area contributed by atoms with E-state index in [0.717, 1.165) is 12.8 Å². The first-order valence-electron chi connectivity index (χ1n) is 6.84. The fourth-order valence-electron chi connectivity index (χ4n) is 1.76. The molecule has 1 atom stereocenters. The molecule has 0 rings (SSSR count). The molecule has 6 heteroatoms. The molecule has 1 unspecified atom stereocenters. The summed E-state index contributed by atoms with van der Waals surface area (Å²) in [5, 5.41) is 8.67. The second-order valence-corrected chi connectivity index (χ2v) is 4.72. The molecule has 0 aliphatic heterocycles. The number of hydrogen-bond donors (Lipinski definition) is 1. The fourth-order valence-corrected chi connectivity index (χ4v) is 1.76. The number of ether oxygens (including phenoxy) is 2. The van der Waals surface area contributed by atoms with Crippen molar-refractivity contribution in [3.05, 3.63) is 0 Å². The number of aliphatic carboxylic acids is 1. The number of Topliss-reactive ketones (excluding diaryl/α,β-unsaturated/α-hetero) is 1. The second kappa shape index (κ2) is 11.4. The van der Waals surface area contributed by atoms with Crippen LogP contribution in [0.2, 0.25) is 0 Å². The standard InChI is InChI=1S/C14H24O6/c1-11(15)12(10-13(16)17)6-5-9-20-14(18)7-3-4-8-19-2/h12H,3-10H2,1-2H3,(H,16,17). The molecule has 0 fully saturated rings. The molecule has 0 aromatic rings. The minimum absolute atomic E-state index is 0.140. The van der Waals surface area contributed by atoms with Crippen LogP contribution in [0.3, 0.4) is 0 Å². The summed E-state index contributed by atoms with van der Waals surface area (Å²) in [6, 6.07) is 0. The summed E-state index contributed by atoms with van der Waals surface area (Å²) in [5.41, 5.74) is 0. The number of carbonyl (C=O) groups excluding carboxylic acids is 2. The van der Waals surface area contributed by atoms with Gasteiger partial charge in [0, 0.05) is 26.1 Å². The van der Waals surface area contributed by atoms with Crippen LogP contribution in [0.1, 0.15) is 45.4 Å². The van der Waals surface area contributed by atoms with Crippen LogP contribution in [-0.2, 0) is 23.9 Å². The Bertz CT molecular complexity index is 313. The molecule has 0 heterocycles. The van der Waals surface area contributed by atoms with Gasteiger partial charge in [-0.15, -0.1) is 0 Å². The van der Waals surface area contributed by atoms with E-state index in [1.807, 2.05) is 0 Å². The average Bonchev–Trinajstić information content (AvgIpc) is 2.37. The molecule has 0 saturated carbocycles. The molecular formula is C14H24O6. The Hall–Kier alpha value is -1.43. The lowest BCUT2D eigenvalue weighted by atomic mass is 9.96. The van der Waals surface area contributed by atoms with Crippen LogP contribution in [-0.4, -0.2) is 43.2 Å². The third-order valence-electron chi connectivity index (χ3n) is 2.94. The summed E-state index contributed by atoms with van der Waals surface area (Å²) < 4.78 is 9.89. The Morgan fingerprint density at radius 2 is 1.80 bits per heavy atom. The monoisotopic (exact) mass is 288 g/mol. The van der Waals surface area contributed by atoms with Crippen LogP contribution in [0.25, 0.3) is 0 Å². The van der Waals surface area contributed by atoms with Crippen LogP contribution < -0.4 is 0 Å². The summed E-state index contributed by atoms with van der Waals surface area (Å²) in [4.78, 5) is 33.1. The van der Waals surface area contributed by atoms with Crippen LogP contribution in [0.4, 0.5) is 0 Å². The number of carbonyl (C=O) groups is 3. The van der Waals surface area contributed by atoms with Gasteiger partial charge >= 0.3 is 11.9 Å². The summed E-state index contributed by atoms with van der Waals surface area (Å²) >= 11 is 0. The van der Waals surface area contributed by atoms with E-state index in [0.29, 0.717) is 25.9 Å². The lowest BCUT2D eigenvalue weighted by Gasteiger charge is -2.11. The maximum absolute atomic E-state index is 11.3. The molecule has 0 spiro atoms. The van der Waals surface area contributed by atoms with E-state index < -0.39 is 11.9 Å². The summed E-state index contributed by atoms with van der Waals surface area (Å²) in [7, 11) is 1.61. The number of carboxylic acid groups (broad SMARTS) is 1. The molecule has 116 valence electrons. The van der Waals surface area contributed by atoms with Gasteiger partial charge in [-0.2, -0.15) is 0 Å². The second-order valence-electron chi connectivity index (χ2n) is 4.72. The quantitative estimate of drug-likeness (QED) is 0.435.